The van der Waals surface area contributed by atoms with Gasteiger partial charge in [-0.2, -0.15) is 0 Å². The summed E-state index contributed by atoms with van der Waals surface area (Å²) in [6.07, 6.45) is 0. The molecule has 5 heteroatoms. The largest absolute Gasteiger partial charge is 0.311 e. The molecule has 0 bridgehead atoms. The Morgan fingerprint density at radius 1 is 0.280 bits per heavy atom. The van der Waals surface area contributed by atoms with Crippen molar-refractivity contribution in [2.45, 2.75) is 0 Å². The Kier molecular flexibility index (Phi) is 9.21. The standard InChI is InChI=1S/C70H47BN2Si2/c1-5-23-51(24-6-1)74(52-25-7-2-8-26-52)65-38-19-15-32-56(65)58-43-41-49(46-67(58)74)72-62-35-18-17-34-60(62)71-61-45-40-48-22-13-14-31-55(48)70(61)73(64-37-21-36-63(72)69(64)71)50-42-44-59-57-33-16-20-39-66(57)75(68(59)47-50,53-27-9-3-10-28-53)54-29-11-4-12-30-54/h1-47H. The number of rotatable bonds is 6. The average Bonchev–Trinajstić information content (AvgIpc) is 4.08. The third kappa shape index (κ3) is 5.74. The van der Waals surface area contributed by atoms with Crippen LogP contribution >= 0.6 is 0 Å². The van der Waals surface area contributed by atoms with Crippen molar-refractivity contribution in [2.24, 2.45) is 0 Å². The highest BCUT2D eigenvalue weighted by atomic mass is 28.3. The molecule has 12 aromatic rings. The Hall–Kier alpha value is -9.00. The molecule has 0 radical (unpaired) electrons. The summed E-state index contributed by atoms with van der Waals surface area (Å²) < 4.78 is 0. The monoisotopic (exact) mass is 982 g/mol. The number of para-hydroxylation sites is 1. The Bertz CT molecular complexity index is 4200. The fourth-order valence-corrected chi connectivity index (χ4v) is 24.7. The van der Waals surface area contributed by atoms with Crippen molar-refractivity contribution in [1.82, 2.24) is 0 Å². The van der Waals surface area contributed by atoms with Gasteiger partial charge in [0.1, 0.15) is 0 Å². The lowest BCUT2D eigenvalue weighted by atomic mass is 9.33. The lowest BCUT2D eigenvalue weighted by Crippen LogP contribution is -2.72. The Morgan fingerprint density at radius 2 is 0.707 bits per heavy atom. The van der Waals surface area contributed by atoms with Gasteiger partial charge < -0.3 is 9.80 Å². The summed E-state index contributed by atoms with van der Waals surface area (Å²) in [6.45, 7) is 0.000997. The summed E-state index contributed by atoms with van der Waals surface area (Å²) in [7, 11) is -5.58. The maximum absolute atomic E-state index is 2.81. The van der Waals surface area contributed by atoms with E-state index in [1.54, 1.807) is 0 Å². The van der Waals surface area contributed by atoms with Crippen molar-refractivity contribution in [1.29, 1.82) is 0 Å². The van der Waals surface area contributed by atoms with Crippen LogP contribution in [-0.4, -0.2) is 22.9 Å². The van der Waals surface area contributed by atoms with E-state index in [2.05, 4.69) is 295 Å². The first-order chi connectivity index (χ1) is 37.2. The molecule has 348 valence electrons. The van der Waals surface area contributed by atoms with Crippen molar-refractivity contribution < 1.29 is 0 Å². The van der Waals surface area contributed by atoms with E-state index in [0.29, 0.717) is 0 Å². The second-order valence-corrected chi connectivity index (χ2v) is 28.1. The fourth-order valence-electron chi connectivity index (χ4n) is 14.3. The lowest BCUT2D eigenvalue weighted by molar-refractivity contribution is 1.26. The van der Waals surface area contributed by atoms with E-state index in [1.165, 1.54) is 125 Å². The molecule has 0 fully saturated rings. The van der Waals surface area contributed by atoms with E-state index >= 15 is 0 Å². The van der Waals surface area contributed by atoms with Crippen molar-refractivity contribution in [3.8, 4) is 22.3 Å². The van der Waals surface area contributed by atoms with Gasteiger partial charge in [0.2, 0.25) is 0 Å². The van der Waals surface area contributed by atoms with Gasteiger partial charge in [-0.1, -0.05) is 243 Å². The van der Waals surface area contributed by atoms with Crippen molar-refractivity contribution in [3.05, 3.63) is 285 Å². The van der Waals surface area contributed by atoms with Gasteiger partial charge in [-0.05, 0) is 128 Å². The first kappa shape index (κ1) is 42.5. The summed E-state index contributed by atoms with van der Waals surface area (Å²) in [5, 5.41) is 13.9. The molecule has 16 rings (SSSR count). The number of hydrogen-bond donors (Lipinski definition) is 0. The summed E-state index contributed by atoms with van der Waals surface area (Å²) in [4.78, 5) is 5.23. The number of fused-ring (bicyclic) bond motifs is 12. The van der Waals surface area contributed by atoms with E-state index in [1.807, 2.05) is 0 Å². The van der Waals surface area contributed by atoms with Gasteiger partial charge in [0.25, 0.3) is 6.71 Å². The zero-order valence-electron chi connectivity index (χ0n) is 41.1. The van der Waals surface area contributed by atoms with Gasteiger partial charge in [-0.25, -0.2) is 0 Å². The second kappa shape index (κ2) is 16.2. The van der Waals surface area contributed by atoms with E-state index in [-0.39, 0.29) is 6.71 Å². The minimum absolute atomic E-state index is 0.000997. The molecular formula is C70H47BN2Si2. The van der Waals surface area contributed by atoms with Crippen LogP contribution in [0.5, 0.6) is 0 Å². The Balaban J connectivity index is 0.959. The third-order valence-electron chi connectivity index (χ3n) is 17.2. The third-order valence-corrected chi connectivity index (χ3v) is 26.9. The first-order valence-electron chi connectivity index (χ1n) is 26.3. The second-order valence-electron chi connectivity index (χ2n) is 20.6. The maximum atomic E-state index is 2.64. The Labute approximate surface area is 440 Å². The topological polar surface area (TPSA) is 6.48 Å². The van der Waals surface area contributed by atoms with Crippen LogP contribution in [0.3, 0.4) is 0 Å². The SMILES string of the molecule is c1ccc([Si]2(c3ccccc3)c3ccccc3-c3ccc(N4c5ccccc5B5c6ccc7ccccc7c6N(c6ccc7c(c6)[Si](c6ccccc6)(c6ccccc6)c6ccccc6-7)c6cccc4c65)cc32)cc1. The highest BCUT2D eigenvalue weighted by Crippen LogP contribution is 2.47. The average molecular weight is 983 g/mol. The minimum atomic E-state index is -2.81. The summed E-state index contributed by atoms with van der Waals surface area (Å²) in [5.74, 6) is 0. The molecule has 4 aliphatic heterocycles. The molecule has 4 heterocycles. The lowest BCUT2D eigenvalue weighted by Gasteiger charge is -2.44. The first-order valence-corrected chi connectivity index (χ1v) is 30.3. The Morgan fingerprint density at radius 3 is 1.27 bits per heavy atom. The quantitative estimate of drug-likeness (QED) is 0.153. The molecule has 12 aromatic carbocycles. The van der Waals surface area contributed by atoms with Crippen molar-refractivity contribution >= 4 is 126 Å². The zero-order chi connectivity index (χ0) is 49.2. The van der Waals surface area contributed by atoms with Crippen molar-refractivity contribution in [2.75, 3.05) is 9.80 Å². The molecule has 75 heavy (non-hydrogen) atoms. The van der Waals surface area contributed by atoms with Crippen LogP contribution in [-0.2, 0) is 0 Å². The molecule has 0 saturated heterocycles. The molecule has 0 aliphatic carbocycles. The van der Waals surface area contributed by atoms with Gasteiger partial charge in [0.15, 0.2) is 16.1 Å². The molecule has 2 nitrogen and oxygen atoms in total. The minimum Gasteiger partial charge on any atom is -0.311 e. The van der Waals surface area contributed by atoms with Gasteiger partial charge in [-0.15, -0.1) is 0 Å². The predicted molar refractivity (Wildman–Crippen MR) is 323 cm³/mol. The van der Waals surface area contributed by atoms with Crippen LogP contribution in [0.4, 0.5) is 34.1 Å². The molecule has 0 amide bonds. The molecule has 0 unspecified atom stereocenters. The van der Waals surface area contributed by atoms with Crippen LogP contribution in [0.25, 0.3) is 33.0 Å². The highest BCUT2D eigenvalue weighted by molar-refractivity contribution is 7.23. The number of anilines is 6. The predicted octanol–water partition coefficient (Wildman–Crippen LogP) is 9.64. The molecule has 0 atom stereocenters. The zero-order valence-corrected chi connectivity index (χ0v) is 43.1. The van der Waals surface area contributed by atoms with E-state index in [9.17, 15) is 0 Å². The van der Waals surface area contributed by atoms with E-state index < -0.39 is 16.1 Å². The van der Waals surface area contributed by atoms with Gasteiger partial charge in [-0.3, -0.25) is 0 Å². The van der Waals surface area contributed by atoms with Crippen LogP contribution in [0.2, 0.25) is 0 Å². The van der Waals surface area contributed by atoms with Crippen LogP contribution in [0.15, 0.2) is 285 Å². The smallest absolute Gasteiger partial charge is 0.252 e. The normalized spacial score (nSPS) is 14.5. The molecular weight excluding hydrogens is 936 g/mol. The molecule has 0 N–H and O–H groups in total. The van der Waals surface area contributed by atoms with Gasteiger partial charge in [0, 0.05) is 39.5 Å². The van der Waals surface area contributed by atoms with Crippen molar-refractivity contribution in [3.63, 3.8) is 0 Å². The van der Waals surface area contributed by atoms with E-state index in [0.717, 1.165) is 0 Å². The van der Waals surface area contributed by atoms with Crippen LogP contribution in [0, 0.1) is 0 Å². The highest BCUT2D eigenvalue weighted by Gasteiger charge is 2.51. The molecule has 4 aliphatic rings. The summed E-state index contributed by atoms with van der Waals surface area (Å²) >= 11 is 0. The maximum Gasteiger partial charge on any atom is 0.252 e. The molecule has 0 saturated carbocycles. The molecule has 0 aromatic heterocycles. The van der Waals surface area contributed by atoms with E-state index in [4.69, 9.17) is 0 Å². The molecule has 0 spiro atoms. The summed E-state index contributed by atoms with van der Waals surface area (Å²) in [6, 6.07) is 109. The number of hydrogen-bond acceptors (Lipinski definition) is 2. The fraction of sp³-hybridized carbons (Fsp3) is 0. The summed E-state index contributed by atoms with van der Waals surface area (Å²) in [5.41, 5.74) is 16.6. The van der Waals surface area contributed by atoms with Gasteiger partial charge >= 0.3 is 0 Å². The van der Waals surface area contributed by atoms with Gasteiger partial charge in [0.05, 0.1) is 0 Å². The number of nitrogens with zero attached hydrogens (tertiary/aromatic N) is 2. The number of benzene rings is 12. The van der Waals surface area contributed by atoms with Crippen LogP contribution in [0.1, 0.15) is 0 Å². The van der Waals surface area contributed by atoms with Crippen LogP contribution < -0.4 is 67.7 Å².